The zero-order valence-corrected chi connectivity index (χ0v) is 6.59. The van der Waals surface area contributed by atoms with Gasteiger partial charge in [0.1, 0.15) is 0 Å². The minimum atomic E-state index is 1.08. The Kier molecular flexibility index (Phi) is 1.24. The average molecular weight is 143 g/mol. The van der Waals surface area contributed by atoms with Crippen LogP contribution in [0.3, 0.4) is 0 Å². The van der Waals surface area contributed by atoms with Crippen LogP contribution in [0.15, 0.2) is 30.3 Å². The molecule has 2 rings (SSSR count). The molecule has 10 heavy (non-hydrogen) atoms. The molecule has 0 spiro atoms. The smallest absolute Gasteiger partial charge is 0.0716 e. The molecule has 47 valence electrons. The first-order valence-electron chi connectivity index (χ1n) is 3.38. The van der Waals surface area contributed by atoms with E-state index in [0.29, 0.717) is 0 Å². The summed E-state index contributed by atoms with van der Waals surface area (Å²) in [5.74, 6) is 0. The minimum Gasteiger partial charge on any atom is -0.0811 e. The molecule has 0 aromatic heterocycles. The maximum Gasteiger partial charge on any atom is 0.0716 e. The number of benzene rings is 1. The molecule has 1 aromatic carbocycles. The van der Waals surface area contributed by atoms with Crippen LogP contribution < -0.4 is 0 Å². The molecule has 0 N–H and O–H groups in total. The van der Waals surface area contributed by atoms with E-state index in [1.165, 1.54) is 16.3 Å². The Labute approximate surface area is 64.0 Å². The first-order chi connectivity index (χ1) is 4.88. The van der Waals surface area contributed by atoms with Gasteiger partial charge in [0.2, 0.25) is 0 Å². The van der Waals surface area contributed by atoms with Gasteiger partial charge in [-0.05, 0) is 17.5 Å². The van der Waals surface area contributed by atoms with Crippen molar-refractivity contribution in [3.63, 3.8) is 0 Å². The Morgan fingerprint density at radius 1 is 1.20 bits per heavy atom. The van der Waals surface area contributed by atoms with E-state index in [2.05, 4.69) is 40.6 Å². The third kappa shape index (κ3) is 0.745. The van der Waals surface area contributed by atoms with E-state index in [0.717, 1.165) is 6.42 Å². The molecule has 0 nitrogen and oxygen atoms in total. The highest BCUT2D eigenvalue weighted by atomic mass is 28.1. The van der Waals surface area contributed by atoms with Gasteiger partial charge in [-0.1, -0.05) is 35.5 Å². The lowest BCUT2D eigenvalue weighted by atomic mass is 10.1. The molecule has 1 aromatic rings. The SMILES string of the molecule is [Si]C1=CCc2ccccc21. The average Bonchev–Trinajstić information content (AvgIpc) is 2.34. The fourth-order valence-corrected chi connectivity index (χ4v) is 1.63. The number of hydrogen-bond acceptors (Lipinski definition) is 0. The fraction of sp³-hybridized carbons (Fsp3) is 0.111. The fourth-order valence-electron chi connectivity index (χ4n) is 1.28. The highest BCUT2D eigenvalue weighted by Crippen LogP contribution is 2.23. The summed E-state index contributed by atoms with van der Waals surface area (Å²) in [7, 11) is 3.55. The lowest BCUT2D eigenvalue weighted by molar-refractivity contribution is 1.31. The van der Waals surface area contributed by atoms with Gasteiger partial charge in [-0.25, -0.2) is 0 Å². The van der Waals surface area contributed by atoms with Gasteiger partial charge in [-0.15, -0.1) is 0 Å². The Morgan fingerprint density at radius 3 is 2.80 bits per heavy atom. The summed E-state index contributed by atoms with van der Waals surface area (Å²) >= 11 is 0. The Balaban J connectivity index is 2.61. The van der Waals surface area contributed by atoms with Gasteiger partial charge in [0, 0.05) is 0 Å². The summed E-state index contributed by atoms with van der Waals surface area (Å²) in [5, 5.41) is 1.23. The van der Waals surface area contributed by atoms with Gasteiger partial charge < -0.3 is 0 Å². The minimum absolute atomic E-state index is 1.08. The maximum absolute atomic E-state index is 3.55. The first-order valence-corrected chi connectivity index (χ1v) is 3.88. The third-order valence-corrected chi connectivity index (χ3v) is 2.31. The van der Waals surface area contributed by atoms with Crippen LogP contribution in [0.5, 0.6) is 0 Å². The lowest BCUT2D eigenvalue weighted by Gasteiger charge is -1.97. The largest absolute Gasteiger partial charge is 0.0811 e. The highest BCUT2D eigenvalue weighted by molar-refractivity contribution is 6.43. The molecule has 1 aliphatic carbocycles. The molecular weight excluding hydrogens is 136 g/mol. The van der Waals surface area contributed by atoms with E-state index in [4.69, 9.17) is 0 Å². The van der Waals surface area contributed by atoms with Crippen LogP contribution in [0.25, 0.3) is 5.20 Å². The zero-order chi connectivity index (χ0) is 6.97. The second kappa shape index (κ2) is 2.10. The van der Waals surface area contributed by atoms with Gasteiger partial charge >= 0.3 is 0 Å². The second-order valence-corrected chi connectivity index (χ2v) is 3.02. The van der Waals surface area contributed by atoms with E-state index in [1.54, 1.807) is 0 Å². The van der Waals surface area contributed by atoms with Crippen molar-refractivity contribution in [2.45, 2.75) is 6.42 Å². The third-order valence-electron chi connectivity index (χ3n) is 1.83. The van der Waals surface area contributed by atoms with E-state index in [-0.39, 0.29) is 0 Å². The van der Waals surface area contributed by atoms with Gasteiger partial charge in [0.25, 0.3) is 0 Å². The maximum atomic E-state index is 3.55. The van der Waals surface area contributed by atoms with Crippen LogP contribution in [0, 0.1) is 0 Å². The molecule has 0 bridgehead atoms. The van der Waals surface area contributed by atoms with Crippen LogP contribution in [-0.4, -0.2) is 10.2 Å². The molecule has 0 saturated carbocycles. The Hall–Kier alpha value is -0.823. The van der Waals surface area contributed by atoms with E-state index >= 15 is 0 Å². The molecule has 0 heterocycles. The first kappa shape index (κ1) is 5.92. The summed E-state index contributed by atoms with van der Waals surface area (Å²) in [6.45, 7) is 0. The van der Waals surface area contributed by atoms with Gasteiger partial charge in [-0.3, -0.25) is 0 Å². The normalized spacial score (nSPS) is 14.7. The number of allylic oxidation sites excluding steroid dienone is 1. The van der Waals surface area contributed by atoms with Gasteiger partial charge in [0.05, 0.1) is 10.2 Å². The quantitative estimate of drug-likeness (QED) is 0.485. The van der Waals surface area contributed by atoms with Crippen LogP contribution in [0.1, 0.15) is 11.1 Å². The molecule has 0 atom stereocenters. The standard InChI is InChI=1S/C9H7Si/c10-9-6-5-7-3-1-2-4-8(7)9/h1-4,6H,5H2. The highest BCUT2D eigenvalue weighted by Gasteiger charge is 2.07. The number of rotatable bonds is 0. The van der Waals surface area contributed by atoms with Crippen LogP contribution in [0.2, 0.25) is 0 Å². The Morgan fingerprint density at radius 2 is 2.00 bits per heavy atom. The van der Waals surface area contributed by atoms with Crippen LogP contribution >= 0.6 is 0 Å². The van der Waals surface area contributed by atoms with Crippen molar-refractivity contribution in [2.24, 2.45) is 0 Å². The number of fused-ring (bicyclic) bond motifs is 1. The zero-order valence-electron chi connectivity index (χ0n) is 5.59. The van der Waals surface area contributed by atoms with Crippen molar-refractivity contribution < 1.29 is 0 Å². The molecule has 0 saturated heterocycles. The van der Waals surface area contributed by atoms with Gasteiger partial charge in [0.15, 0.2) is 0 Å². The monoisotopic (exact) mass is 143 g/mol. The molecule has 3 radical (unpaired) electrons. The van der Waals surface area contributed by atoms with Crippen molar-refractivity contribution in [1.82, 2.24) is 0 Å². The second-order valence-electron chi connectivity index (χ2n) is 2.48. The van der Waals surface area contributed by atoms with Crippen LogP contribution in [-0.2, 0) is 6.42 Å². The molecule has 0 unspecified atom stereocenters. The van der Waals surface area contributed by atoms with Crippen LogP contribution in [0.4, 0.5) is 0 Å². The summed E-state index contributed by atoms with van der Waals surface area (Å²) in [4.78, 5) is 0. The van der Waals surface area contributed by atoms with Crippen molar-refractivity contribution in [2.75, 3.05) is 0 Å². The van der Waals surface area contributed by atoms with E-state index in [9.17, 15) is 0 Å². The molecule has 0 aliphatic heterocycles. The summed E-state index contributed by atoms with van der Waals surface area (Å²) < 4.78 is 0. The van der Waals surface area contributed by atoms with Crippen molar-refractivity contribution in [1.29, 1.82) is 0 Å². The molecule has 0 fully saturated rings. The van der Waals surface area contributed by atoms with Gasteiger partial charge in [-0.2, -0.15) is 0 Å². The predicted molar refractivity (Wildman–Crippen MR) is 43.9 cm³/mol. The topological polar surface area (TPSA) is 0 Å². The van der Waals surface area contributed by atoms with Crippen molar-refractivity contribution >= 4 is 15.4 Å². The van der Waals surface area contributed by atoms with Crippen molar-refractivity contribution in [3.8, 4) is 0 Å². The number of hydrogen-bond donors (Lipinski definition) is 0. The summed E-state index contributed by atoms with van der Waals surface area (Å²) in [6, 6.07) is 8.45. The van der Waals surface area contributed by atoms with E-state index in [1.807, 2.05) is 0 Å². The molecule has 1 heteroatoms. The van der Waals surface area contributed by atoms with Crippen molar-refractivity contribution in [3.05, 3.63) is 41.5 Å². The molecule has 0 amide bonds. The molecule has 1 aliphatic rings. The Bertz CT molecular complexity index is 287. The van der Waals surface area contributed by atoms with E-state index < -0.39 is 0 Å². The summed E-state index contributed by atoms with van der Waals surface area (Å²) in [5.41, 5.74) is 2.77. The lowest BCUT2D eigenvalue weighted by Crippen LogP contribution is -1.81. The predicted octanol–water partition coefficient (Wildman–Crippen LogP) is 1.75. The summed E-state index contributed by atoms with van der Waals surface area (Å²) in [6.07, 6.45) is 3.27. The molecular formula is C9H7Si.